The van der Waals surface area contributed by atoms with Gasteiger partial charge in [-0.25, -0.2) is 13.1 Å². The number of rotatable bonds is 5. The molecule has 0 fully saturated rings. The number of nitrogens with one attached hydrogen (secondary N) is 1. The number of carbonyl (C=O) groups excluding carboxylic acids is 1. The van der Waals surface area contributed by atoms with E-state index in [1.165, 1.54) is 17.0 Å². The first-order chi connectivity index (χ1) is 13.7. The van der Waals surface area contributed by atoms with Gasteiger partial charge in [-0.3, -0.25) is 9.20 Å². The average Bonchev–Trinajstić information content (AvgIpc) is 3.09. The summed E-state index contributed by atoms with van der Waals surface area (Å²) < 4.78 is 35.6. The van der Waals surface area contributed by atoms with Crippen LogP contribution in [0.2, 0.25) is 0 Å². The van der Waals surface area contributed by atoms with Crippen molar-refractivity contribution in [3.8, 4) is 5.75 Å². The molecule has 1 N–H and O–H groups in total. The van der Waals surface area contributed by atoms with Crippen molar-refractivity contribution in [2.75, 3.05) is 18.5 Å². The van der Waals surface area contributed by atoms with Gasteiger partial charge < -0.3 is 9.64 Å². The summed E-state index contributed by atoms with van der Waals surface area (Å²) >= 11 is 0. The van der Waals surface area contributed by atoms with E-state index in [1.54, 1.807) is 27.0 Å². The second kappa shape index (κ2) is 6.82. The zero-order valence-electron chi connectivity index (χ0n) is 16.3. The lowest BCUT2D eigenvalue weighted by Crippen LogP contribution is -2.50. The summed E-state index contributed by atoms with van der Waals surface area (Å²) in [4.78, 5) is 13.8. The normalized spacial score (nSPS) is 16.0. The lowest BCUT2D eigenvalue weighted by molar-refractivity contribution is -0.132. The number of nitrogens with zero attached hydrogens (tertiary/aromatic N) is 4. The summed E-state index contributed by atoms with van der Waals surface area (Å²) in [6.07, 6.45) is 2.22. The summed E-state index contributed by atoms with van der Waals surface area (Å²) in [7, 11) is -2.12. The molecule has 2 aromatic heterocycles. The topological polar surface area (TPSA) is 106 Å². The molecule has 0 bridgehead atoms. The number of fused-ring (bicyclic) bond motifs is 2. The van der Waals surface area contributed by atoms with Crippen molar-refractivity contribution in [3.05, 3.63) is 48.4 Å². The first kappa shape index (κ1) is 19.3. The van der Waals surface area contributed by atoms with Crippen LogP contribution in [0.1, 0.15) is 19.7 Å². The minimum Gasteiger partial charge on any atom is -0.476 e. The van der Waals surface area contributed by atoms with Crippen molar-refractivity contribution in [2.24, 2.45) is 0 Å². The summed E-state index contributed by atoms with van der Waals surface area (Å²) in [5.74, 6) is 0.821. The zero-order valence-corrected chi connectivity index (χ0v) is 17.1. The van der Waals surface area contributed by atoms with Gasteiger partial charge in [-0.05, 0) is 38.1 Å². The molecular weight excluding hydrogens is 394 g/mol. The van der Waals surface area contributed by atoms with Gasteiger partial charge in [0.15, 0.2) is 11.2 Å². The van der Waals surface area contributed by atoms with E-state index in [9.17, 15) is 13.2 Å². The van der Waals surface area contributed by atoms with Crippen molar-refractivity contribution < 1.29 is 17.9 Å². The number of hydrogen-bond donors (Lipinski definition) is 1. The Balaban J connectivity index is 1.51. The Morgan fingerprint density at radius 1 is 1.17 bits per heavy atom. The Morgan fingerprint density at radius 3 is 2.76 bits per heavy atom. The van der Waals surface area contributed by atoms with Gasteiger partial charge in [0.05, 0.1) is 10.6 Å². The number of amides is 1. The minimum atomic E-state index is -3.76. The molecule has 9 nitrogen and oxygen atoms in total. The van der Waals surface area contributed by atoms with Crippen LogP contribution < -0.4 is 14.4 Å². The third-order valence-electron chi connectivity index (χ3n) is 4.81. The van der Waals surface area contributed by atoms with Crippen LogP contribution in [0.3, 0.4) is 0 Å². The Kier molecular flexibility index (Phi) is 4.55. The van der Waals surface area contributed by atoms with E-state index in [0.29, 0.717) is 29.3 Å². The van der Waals surface area contributed by atoms with Crippen LogP contribution in [0, 0.1) is 0 Å². The molecular formula is C19H21N5O4S. The molecule has 0 spiro atoms. The largest absolute Gasteiger partial charge is 0.476 e. The van der Waals surface area contributed by atoms with Gasteiger partial charge in [0.25, 0.3) is 5.91 Å². The van der Waals surface area contributed by atoms with Crippen molar-refractivity contribution in [3.63, 3.8) is 0 Å². The van der Waals surface area contributed by atoms with E-state index in [2.05, 4.69) is 14.9 Å². The number of carbonyl (C=O) groups is 1. The second-order valence-corrected chi connectivity index (χ2v) is 9.07. The fraction of sp³-hybridized carbons (Fsp3) is 0.316. The molecule has 3 aromatic rings. The molecule has 4 rings (SSSR count). The molecule has 0 radical (unpaired) electrons. The highest BCUT2D eigenvalue weighted by Crippen LogP contribution is 2.38. The van der Waals surface area contributed by atoms with E-state index in [0.717, 1.165) is 0 Å². The van der Waals surface area contributed by atoms with Crippen molar-refractivity contribution >= 4 is 27.3 Å². The SMILES string of the molecule is CN1C(=O)C(C)(C)Oc2cc(S(=O)(=O)NCCc3nnc4ccccn34)ccc21. The number of pyridine rings is 1. The monoisotopic (exact) mass is 415 g/mol. The maximum Gasteiger partial charge on any atom is 0.270 e. The Bertz CT molecular complexity index is 1200. The van der Waals surface area contributed by atoms with Gasteiger partial charge in [0.1, 0.15) is 11.6 Å². The van der Waals surface area contributed by atoms with Gasteiger partial charge in [-0.15, -0.1) is 10.2 Å². The smallest absolute Gasteiger partial charge is 0.270 e. The maximum absolute atomic E-state index is 12.7. The molecule has 10 heteroatoms. The fourth-order valence-corrected chi connectivity index (χ4v) is 4.34. The van der Waals surface area contributed by atoms with Crippen LogP contribution in [0.15, 0.2) is 47.5 Å². The second-order valence-electron chi connectivity index (χ2n) is 7.30. The zero-order chi connectivity index (χ0) is 20.8. The molecule has 0 aliphatic carbocycles. The van der Waals surface area contributed by atoms with Gasteiger partial charge in [0, 0.05) is 32.3 Å². The lowest BCUT2D eigenvalue weighted by Gasteiger charge is -2.37. The van der Waals surface area contributed by atoms with E-state index < -0.39 is 15.6 Å². The molecule has 0 atom stereocenters. The first-order valence-corrected chi connectivity index (χ1v) is 10.6. The van der Waals surface area contributed by atoms with Gasteiger partial charge in [-0.1, -0.05) is 6.07 Å². The third-order valence-corrected chi connectivity index (χ3v) is 6.27. The van der Waals surface area contributed by atoms with Crippen LogP contribution in [0.4, 0.5) is 5.69 Å². The molecule has 1 aliphatic heterocycles. The van der Waals surface area contributed by atoms with Crippen LogP contribution in [0.25, 0.3) is 5.65 Å². The highest BCUT2D eigenvalue weighted by Gasteiger charge is 2.39. The highest BCUT2D eigenvalue weighted by molar-refractivity contribution is 7.89. The van der Waals surface area contributed by atoms with Crippen LogP contribution in [-0.4, -0.2) is 48.1 Å². The average molecular weight is 415 g/mol. The predicted octanol–water partition coefficient (Wildman–Crippen LogP) is 1.38. The number of benzene rings is 1. The number of likely N-dealkylation sites (N-methyl/N-ethyl adjacent to an activating group) is 1. The number of aromatic nitrogens is 3. The van der Waals surface area contributed by atoms with E-state index in [4.69, 9.17) is 4.74 Å². The van der Waals surface area contributed by atoms with Gasteiger partial charge in [0.2, 0.25) is 10.0 Å². The molecule has 0 unspecified atom stereocenters. The Labute approximate surface area is 168 Å². The van der Waals surface area contributed by atoms with E-state index in [-0.39, 0.29) is 17.3 Å². The third kappa shape index (κ3) is 3.45. The number of hydrogen-bond acceptors (Lipinski definition) is 6. The molecule has 1 amide bonds. The van der Waals surface area contributed by atoms with Crippen LogP contribution >= 0.6 is 0 Å². The highest BCUT2D eigenvalue weighted by atomic mass is 32.2. The predicted molar refractivity (Wildman–Crippen MR) is 106 cm³/mol. The summed E-state index contributed by atoms with van der Waals surface area (Å²) in [6, 6.07) is 10.0. The van der Waals surface area contributed by atoms with Crippen molar-refractivity contribution in [1.82, 2.24) is 19.3 Å². The van der Waals surface area contributed by atoms with E-state index in [1.807, 2.05) is 28.8 Å². The minimum absolute atomic E-state index is 0.0703. The summed E-state index contributed by atoms with van der Waals surface area (Å²) in [5, 5.41) is 8.15. The molecule has 0 saturated carbocycles. The standard InChI is InChI=1S/C19H21N5O4S/c1-19(2)18(25)23(3)14-8-7-13(12-15(14)28-19)29(26,27)20-10-9-17-22-21-16-6-4-5-11-24(16)17/h4-8,11-12,20H,9-10H2,1-3H3. The molecule has 152 valence electrons. The quantitative estimate of drug-likeness (QED) is 0.675. The summed E-state index contributed by atoms with van der Waals surface area (Å²) in [5.41, 5.74) is 0.174. The number of sulfonamides is 1. The van der Waals surface area contributed by atoms with Crippen LogP contribution in [-0.2, 0) is 21.2 Å². The first-order valence-electron chi connectivity index (χ1n) is 9.08. The molecule has 1 aliphatic rings. The van der Waals surface area contributed by atoms with Crippen molar-refractivity contribution in [2.45, 2.75) is 30.8 Å². The van der Waals surface area contributed by atoms with Gasteiger partial charge >= 0.3 is 0 Å². The maximum atomic E-state index is 12.7. The Hall–Kier alpha value is -2.98. The Morgan fingerprint density at radius 2 is 1.97 bits per heavy atom. The fourth-order valence-electron chi connectivity index (χ4n) is 3.29. The molecule has 1 aromatic carbocycles. The van der Waals surface area contributed by atoms with Gasteiger partial charge in [-0.2, -0.15) is 0 Å². The number of anilines is 1. The van der Waals surface area contributed by atoms with E-state index >= 15 is 0 Å². The van der Waals surface area contributed by atoms with Crippen LogP contribution in [0.5, 0.6) is 5.75 Å². The lowest BCUT2D eigenvalue weighted by atomic mass is 10.0. The molecule has 0 saturated heterocycles. The summed E-state index contributed by atoms with van der Waals surface area (Å²) in [6.45, 7) is 3.47. The molecule has 3 heterocycles. The number of ether oxygens (including phenoxy) is 1. The molecule has 29 heavy (non-hydrogen) atoms. The van der Waals surface area contributed by atoms with Crippen molar-refractivity contribution in [1.29, 1.82) is 0 Å².